The van der Waals surface area contributed by atoms with Gasteiger partial charge in [-0.25, -0.2) is 9.97 Å². The molecule has 1 N–H and O–H groups in total. The molecule has 0 aliphatic rings. The number of hydrogen-bond donors (Lipinski definition) is 1. The lowest BCUT2D eigenvalue weighted by Crippen LogP contribution is -2.25. The second-order valence-corrected chi connectivity index (χ2v) is 12.3. The van der Waals surface area contributed by atoms with E-state index < -0.39 is 0 Å². The van der Waals surface area contributed by atoms with Crippen molar-refractivity contribution in [2.45, 2.75) is 49.9 Å². The van der Waals surface area contributed by atoms with Crippen molar-refractivity contribution in [1.82, 2.24) is 20.3 Å². The summed E-state index contributed by atoms with van der Waals surface area (Å²) < 4.78 is 10.8. The van der Waals surface area contributed by atoms with Crippen LogP contribution in [0.4, 0.5) is 5.82 Å². The monoisotopic (exact) mass is 599 g/mol. The Labute approximate surface area is 259 Å². The number of benzene rings is 2. The number of likely N-dealkylation sites (N-methyl/N-ethyl adjacent to an activating group) is 1. The predicted octanol–water partition coefficient (Wildman–Crippen LogP) is 6.13. The minimum atomic E-state index is -0.122. The minimum absolute atomic E-state index is 0.0860. The van der Waals surface area contributed by atoms with Crippen LogP contribution in [0.3, 0.4) is 0 Å². The number of anilines is 1. The third kappa shape index (κ3) is 9.19. The lowest BCUT2D eigenvalue weighted by Gasteiger charge is -2.23. The maximum absolute atomic E-state index is 12.6. The van der Waals surface area contributed by atoms with Crippen LogP contribution in [0.5, 0.6) is 11.5 Å². The van der Waals surface area contributed by atoms with Gasteiger partial charge in [0.25, 0.3) is 5.91 Å². The molecule has 8 nitrogen and oxygen atoms in total. The van der Waals surface area contributed by atoms with Crippen LogP contribution in [0.25, 0.3) is 0 Å². The quantitative estimate of drug-likeness (QED) is 0.145. The van der Waals surface area contributed by atoms with Gasteiger partial charge in [0.05, 0.1) is 19.9 Å². The molecule has 0 aliphatic carbocycles. The Morgan fingerprint density at radius 2 is 1.65 bits per heavy atom. The van der Waals surface area contributed by atoms with Crippen molar-refractivity contribution in [3.8, 4) is 11.5 Å². The average Bonchev–Trinajstić information content (AvgIpc) is 3.02. The van der Waals surface area contributed by atoms with E-state index in [2.05, 4.69) is 55.2 Å². The number of thioether (sulfide) groups is 1. The molecular weight excluding hydrogens is 558 g/mol. The van der Waals surface area contributed by atoms with Crippen molar-refractivity contribution in [2.24, 2.45) is 0 Å². The number of carbonyl (C=O) groups excluding carboxylic acids is 1. The van der Waals surface area contributed by atoms with Gasteiger partial charge in [0.15, 0.2) is 16.7 Å². The highest BCUT2D eigenvalue weighted by Gasteiger charge is 2.20. The van der Waals surface area contributed by atoms with E-state index in [0.29, 0.717) is 24.3 Å². The maximum atomic E-state index is 12.6. The van der Waals surface area contributed by atoms with Crippen molar-refractivity contribution in [1.29, 1.82) is 0 Å². The number of nitrogens with one attached hydrogen (secondary N) is 1. The van der Waals surface area contributed by atoms with Crippen molar-refractivity contribution < 1.29 is 14.3 Å². The second kappa shape index (κ2) is 14.9. The first-order chi connectivity index (χ1) is 20.7. The van der Waals surface area contributed by atoms with Gasteiger partial charge in [-0.15, -0.1) is 0 Å². The summed E-state index contributed by atoms with van der Waals surface area (Å²) in [5.74, 6) is 2.95. The van der Waals surface area contributed by atoms with Gasteiger partial charge in [-0.2, -0.15) is 0 Å². The molecule has 2 aromatic heterocycles. The predicted molar refractivity (Wildman–Crippen MR) is 174 cm³/mol. The van der Waals surface area contributed by atoms with E-state index in [4.69, 9.17) is 19.4 Å². The third-order valence-electron chi connectivity index (χ3n) is 7.01. The molecule has 2 aromatic carbocycles. The van der Waals surface area contributed by atoms with Crippen LogP contribution >= 0.6 is 11.8 Å². The van der Waals surface area contributed by atoms with Gasteiger partial charge in [-0.05, 0) is 53.9 Å². The smallest absolute Gasteiger partial charge is 0.251 e. The van der Waals surface area contributed by atoms with E-state index in [1.165, 1.54) is 0 Å². The highest BCUT2D eigenvalue weighted by molar-refractivity contribution is 7.98. The molecule has 0 saturated heterocycles. The fourth-order valence-electron chi connectivity index (χ4n) is 4.36. The minimum Gasteiger partial charge on any atom is -0.493 e. The topological polar surface area (TPSA) is 89.5 Å². The van der Waals surface area contributed by atoms with E-state index in [1.54, 1.807) is 32.2 Å². The van der Waals surface area contributed by atoms with Gasteiger partial charge in [0, 0.05) is 61.2 Å². The normalized spacial score (nSPS) is 11.2. The van der Waals surface area contributed by atoms with Crippen molar-refractivity contribution >= 4 is 23.5 Å². The number of ether oxygens (including phenoxy) is 2. The summed E-state index contributed by atoms with van der Waals surface area (Å²) in [6, 6.07) is 21.6. The van der Waals surface area contributed by atoms with Gasteiger partial charge in [0.2, 0.25) is 0 Å². The number of hydrogen-bond acceptors (Lipinski definition) is 8. The van der Waals surface area contributed by atoms with Crippen LogP contribution in [0.15, 0.2) is 78.1 Å². The molecule has 0 atom stereocenters. The molecular formula is C34H41N5O3S. The Hall–Kier alpha value is -4.11. The maximum Gasteiger partial charge on any atom is 0.251 e. The van der Waals surface area contributed by atoms with Gasteiger partial charge in [-0.3, -0.25) is 9.78 Å². The number of nitrogens with zero attached hydrogens (tertiary/aromatic N) is 4. The van der Waals surface area contributed by atoms with Gasteiger partial charge < -0.3 is 19.7 Å². The SMILES string of the molecule is COc1ccc(CCN(C)c2cc(C(C)(C)C)nc(SCc3ccc(C(=O)NCCc4ccccn4)cc3)n2)cc1OC. The number of aromatic nitrogens is 3. The summed E-state index contributed by atoms with van der Waals surface area (Å²) in [5, 5.41) is 3.71. The number of rotatable bonds is 13. The average molecular weight is 600 g/mol. The lowest BCUT2D eigenvalue weighted by molar-refractivity contribution is 0.0954. The molecule has 43 heavy (non-hydrogen) atoms. The first kappa shape index (κ1) is 31.8. The lowest BCUT2D eigenvalue weighted by atomic mass is 9.92. The van der Waals surface area contributed by atoms with Gasteiger partial charge >= 0.3 is 0 Å². The van der Waals surface area contributed by atoms with E-state index >= 15 is 0 Å². The summed E-state index contributed by atoms with van der Waals surface area (Å²) in [6.45, 7) is 7.82. The van der Waals surface area contributed by atoms with Crippen LogP contribution in [-0.2, 0) is 24.0 Å². The van der Waals surface area contributed by atoms with E-state index in [0.717, 1.165) is 58.0 Å². The summed E-state index contributed by atoms with van der Waals surface area (Å²) in [5.41, 5.74) is 4.73. The Morgan fingerprint density at radius 3 is 2.33 bits per heavy atom. The molecule has 0 spiro atoms. The Balaban J connectivity index is 1.37. The second-order valence-electron chi connectivity index (χ2n) is 11.3. The fourth-order valence-corrected chi connectivity index (χ4v) is 5.17. The first-order valence-corrected chi connectivity index (χ1v) is 15.4. The summed E-state index contributed by atoms with van der Waals surface area (Å²) in [7, 11) is 5.35. The number of pyridine rings is 1. The number of methoxy groups -OCH3 is 2. The van der Waals surface area contributed by atoms with Crippen LogP contribution in [0.1, 0.15) is 53.6 Å². The zero-order valence-corrected chi connectivity index (χ0v) is 26.7. The molecule has 226 valence electrons. The fraction of sp³-hybridized carbons (Fsp3) is 0.353. The third-order valence-corrected chi connectivity index (χ3v) is 7.93. The Bertz CT molecular complexity index is 1490. The molecule has 0 unspecified atom stereocenters. The molecule has 9 heteroatoms. The standard InChI is InChI=1S/C34H41N5O3S/c1-34(2,3)30-22-31(39(4)20-17-24-12-15-28(41-5)29(21-24)42-6)38-33(37-30)43-23-25-10-13-26(14-11-25)32(40)36-19-16-27-9-7-8-18-35-27/h7-15,18,21-22H,16-17,19-20,23H2,1-6H3,(H,36,40). The molecule has 4 aromatic rings. The number of carbonyl (C=O) groups is 1. The number of amides is 1. The zero-order valence-electron chi connectivity index (χ0n) is 25.9. The van der Waals surface area contributed by atoms with E-state index in [1.807, 2.05) is 54.6 Å². The van der Waals surface area contributed by atoms with Gasteiger partial charge in [0.1, 0.15) is 5.82 Å². The van der Waals surface area contributed by atoms with Crippen molar-refractivity contribution in [3.63, 3.8) is 0 Å². The highest BCUT2D eigenvalue weighted by atomic mass is 32.2. The summed E-state index contributed by atoms with van der Waals surface area (Å²) in [4.78, 5) is 28.8. The van der Waals surface area contributed by atoms with Crippen LogP contribution in [-0.4, -0.2) is 55.2 Å². The van der Waals surface area contributed by atoms with Crippen molar-refractivity contribution in [2.75, 3.05) is 39.3 Å². The molecule has 0 aliphatic heterocycles. The molecule has 0 saturated carbocycles. The molecule has 0 bridgehead atoms. The highest BCUT2D eigenvalue weighted by Crippen LogP contribution is 2.30. The molecule has 0 radical (unpaired) electrons. The van der Waals surface area contributed by atoms with Gasteiger partial charge in [-0.1, -0.05) is 56.8 Å². The van der Waals surface area contributed by atoms with E-state index in [9.17, 15) is 4.79 Å². The zero-order chi connectivity index (χ0) is 30.8. The molecule has 1 amide bonds. The largest absolute Gasteiger partial charge is 0.493 e. The van der Waals surface area contributed by atoms with Crippen LogP contribution < -0.4 is 19.7 Å². The van der Waals surface area contributed by atoms with Crippen LogP contribution in [0.2, 0.25) is 0 Å². The Morgan fingerprint density at radius 1 is 0.907 bits per heavy atom. The van der Waals surface area contributed by atoms with E-state index in [-0.39, 0.29) is 11.3 Å². The summed E-state index contributed by atoms with van der Waals surface area (Å²) >= 11 is 1.60. The van der Waals surface area contributed by atoms with Crippen LogP contribution in [0, 0.1) is 0 Å². The Kier molecular flexibility index (Phi) is 11.0. The molecule has 2 heterocycles. The molecule has 4 rings (SSSR count). The van der Waals surface area contributed by atoms with Crippen molar-refractivity contribution in [3.05, 3.63) is 101 Å². The molecule has 0 fully saturated rings. The first-order valence-electron chi connectivity index (χ1n) is 14.4. The summed E-state index contributed by atoms with van der Waals surface area (Å²) in [6.07, 6.45) is 3.29.